The monoisotopic (exact) mass is 253 g/mol. The number of aromatic nitrogens is 2. The quantitative estimate of drug-likeness (QED) is 0.804. The third-order valence-electron chi connectivity index (χ3n) is 3.16. The van der Waals surface area contributed by atoms with Crippen LogP contribution in [0.3, 0.4) is 0 Å². The molecule has 0 unspecified atom stereocenters. The summed E-state index contributed by atoms with van der Waals surface area (Å²) in [4.78, 5) is 10.6. The van der Waals surface area contributed by atoms with Crippen molar-refractivity contribution in [3.05, 3.63) is 18.1 Å². The van der Waals surface area contributed by atoms with E-state index in [9.17, 15) is 4.39 Å². The number of aryl methyl sites for hydroxylation is 1. The minimum atomic E-state index is -0.227. The van der Waals surface area contributed by atoms with Gasteiger partial charge in [0.15, 0.2) is 0 Å². The van der Waals surface area contributed by atoms with Crippen molar-refractivity contribution >= 4 is 0 Å². The van der Waals surface area contributed by atoms with E-state index in [1.807, 2.05) is 6.92 Å². The lowest BCUT2D eigenvalue weighted by molar-refractivity contribution is 0.0947. The highest BCUT2D eigenvalue weighted by atomic mass is 19.1. The van der Waals surface area contributed by atoms with Crippen molar-refractivity contribution in [3.8, 4) is 5.88 Å². The number of rotatable bonds is 5. The molecular weight excluding hydrogens is 233 g/mol. The second-order valence-electron chi connectivity index (χ2n) is 4.70. The number of ether oxygens (including phenoxy) is 1. The zero-order valence-electron chi connectivity index (χ0n) is 10.8. The molecule has 1 fully saturated rings. The number of alkyl halides is 1. The minimum Gasteiger partial charge on any atom is -0.473 e. The number of hydrogen-bond donors (Lipinski definition) is 0. The van der Waals surface area contributed by atoms with Crippen molar-refractivity contribution in [2.45, 2.75) is 32.3 Å². The first-order valence-corrected chi connectivity index (χ1v) is 6.51. The molecule has 2 rings (SSSR count). The molecule has 1 aliphatic heterocycles. The van der Waals surface area contributed by atoms with Crippen LogP contribution in [0.25, 0.3) is 0 Å². The van der Waals surface area contributed by atoms with Crippen LogP contribution >= 0.6 is 0 Å². The summed E-state index contributed by atoms with van der Waals surface area (Å²) < 4.78 is 17.9. The summed E-state index contributed by atoms with van der Waals surface area (Å²) in [6, 6.07) is 0. The average molecular weight is 253 g/mol. The maximum Gasteiger partial charge on any atom is 0.232 e. The average Bonchev–Trinajstić information content (AvgIpc) is 2.38. The molecule has 1 aliphatic rings. The number of nitrogens with zero attached hydrogens (tertiary/aromatic N) is 3. The molecule has 1 aromatic rings. The van der Waals surface area contributed by atoms with E-state index < -0.39 is 0 Å². The van der Waals surface area contributed by atoms with Gasteiger partial charge in [0.25, 0.3) is 0 Å². The highest BCUT2D eigenvalue weighted by molar-refractivity contribution is 5.07. The highest BCUT2D eigenvalue weighted by Crippen LogP contribution is 2.16. The summed E-state index contributed by atoms with van der Waals surface area (Å²) in [5.41, 5.74) is 0.868. The first-order chi connectivity index (χ1) is 8.78. The Morgan fingerprint density at radius 1 is 1.39 bits per heavy atom. The van der Waals surface area contributed by atoms with Crippen LogP contribution in [0.5, 0.6) is 5.88 Å². The van der Waals surface area contributed by atoms with Gasteiger partial charge in [0.2, 0.25) is 5.88 Å². The Kier molecular flexibility index (Phi) is 4.87. The topological polar surface area (TPSA) is 38.2 Å². The summed E-state index contributed by atoms with van der Waals surface area (Å²) in [6.07, 6.45) is 6.16. The molecule has 5 heteroatoms. The zero-order chi connectivity index (χ0) is 12.8. The molecular formula is C13H20FN3O. The van der Waals surface area contributed by atoms with Gasteiger partial charge in [0.05, 0.1) is 18.6 Å². The summed E-state index contributed by atoms with van der Waals surface area (Å²) in [5.74, 6) is 0.609. The molecule has 0 spiro atoms. The van der Waals surface area contributed by atoms with Crippen LogP contribution in [0.1, 0.15) is 25.0 Å². The Morgan fingerprint density at radius 3 is 2.83 bits per heavy atom. The van der Waals surface area contributed by atoms with E-state index in [-0.39, 0.29) is 12.8 Å². The fourth-order valence-corrected chi connectivity index (χ4v) is 2.20. The van der Waals surface area contributed by atoms with Gasteiger partial charge >= 0.3 is 0 Å². The van der Waals surface area contributed by atoms with Crippen molar-refractivity contribution in [1.82, 2.24) is 14.9 Å². The molecule has 100 valence electrons. The maximum absolute atomic E-state index is 12.1. The molecule has 0 amide bonds. The molecule has 0 radical (unpaired) electrons. The van der Waals surface area contributed by atoms with Gasteiger partial charge in [-0.3, -0.25) is 9.37 Å². The lowest BCUT2D eigenvalue weighted by atomic mass is 10.1. The summed E-state index contributed by atoms with van der Waals surface area (Å²) in [6.45, 7) is 4.48. The number of piperidine rings is 1. The molecule has 0 aromatic carbocycles. The predicted octanol–water partition coefficient (Wildman–Crippen LogP) is 1.99. The van der Waals surface area contributed by atoms with Gasteiger partial charge in [0, 0.05) is 25.8 Å². The standard InChI is InChI=1S/C13H20FN3O/c1-11-9-15-10-13(16-11)18-12-3-7-17(8-4-12)6-2-5-14/h9-10,12H,2-8H2,1H3. The summed E-state index contributed by atoms with van der Waals surface area (Å²) >= 11 is 0. The molecule has 0 aliphatic carbocycles. The number of halogens is 1. The van der Waals surface area contributed by atoms with Gasteiger partial charge in [0.1, 0.15) is 6.10 Å². The second kappa shape index (κ2) is 6.64. The lowest BCUT2D eigenvalue weighted by Gasteiger charge is -2.31. The van der Waals surface area contributed by atoms with Gasteiger partial charge in [-0.05, 0) is 26.2 Å². The number of likely N-dealkylation sites (tertiary alicyclic amines) is 1. The number of hydrogen-bond acceptors (Lipinski definition) is 4. The second-order valence-corrected chi connectivity index (χ2v) is 4.70. The smallest absolute Gasteiger partial charge is 0.232 e. The summed E-state index contributed by atoms with van der Waals surface area (Å²) in [7, 11) is 0. The van der Waals surface area contributed by atoms with Crippen LogP contribution in [0.2, 0.25) is 0 Å². The van der Waals surface area contributed by atoms with Gasteiger partial charge in [-0.25, -0.2) is 4.98 Å². The molecule has 1 aromatic heterocycles. The van der Waals surface area contributed by atoms with Crippen molar-refractivity contribution in [2.75, 3.05) is 26.3 Å². The maximum atomic E-state index is 12.1. The van der Waals surface area contributed by atoms with Crippen LogP contribution < -0.4 is 4.74 Å². The van der Waals surface area contributed by atoms with E-state index in [4.69, 9.17) is 4.74 Å². The minimum absolute atomic E-state index is 0.211. The molecule has 0 atom stereocenters. The van der Waals surface area contributed by atoms with Crippen LogP contribution in [0, 0.1) is 6.92 Å². The molecule has 18 heavy (non-hydrogen) atoms. The Balaban J connectivity index is 1.76. The van der Waals surface area contributed by atoms with Crippen LogP contribution in [-0.2, 0) is 0 Å². The van der Waals surface area contributed by atoms with Crippen LogP contribution in [0.15, 0.2) is 12.4 Å². The van der Waals surface area contributed by atoms with Gasteiger partial charge in [-0.2, -0.15) is 0 Å². The Morgan fingerprint density at radius 2 is 2.17 bits per heavy atom. The van der Waals surface area contributed by atoms with Crippen molar-refractivity contribution in [1.29, 1.82) is 0 Å². The van der Waals surface area contributed by atoms with Crippen LogP contribution in [0.4, 0.5) is 4.39 Å². The molecule has 0 saturated carbocycles. The van der Waals surface area contributed by atoms with Gasteiger partial charge in [-0.1, -0.05) is 0 Å². The molecule has 0 bridgehead atoms. The lowest BCUT2D eigenvalue weighted by Crippen LogP contribution is -2.38. The van der Waals surface area contributed by atoms with E-state index in [0.717, 1.165) is 38.2 Å². The van der Waals surface area contributed by atoms with E-state index in [1.54, 1.807) is 12.4 Å². The Hall–Kier alpha value is -1.23. The largest absolute Gasteiger partial charge is 0.473 e. The van der Waals surface area contributed by atoms with E-state index >= 15 is 0 Å². The van der Waals surface area contributed by atoms with E-state index in [2.05, 4.69) is 14.9 Å². The van der Waals surface area contributed by atoms with E-state index in [0.29, 0.717) is 12.3 Å². The molecule has 0 N–H and O–H groups in total. The fraction of sp³-hybridized carbons (Fsp3) is 0.692. The third kappa shape index (κ3) is 3.91. The third-order valence-corrected chi connectivity index (χ3v) is 3.16. The highest BCUT2D eigenvalue weighted by Gasteiger charge is 2.20. The zero-order valence-corrected chi connectivity index (χ0v) is 10.8. The fourth-order valence-electron chi connectivity index (χ4n) is 2.20. The Labute approximate surface area is 107 Å². The van der Waals surface area contributed by atoms with Crippen molar-refractivity contribution in [3.63, 3.8) is 0 Å². The predicted molar refractivity (Wildman–Crippen MR) is 67.5 cm³/mol. The summed E-state index contributed by atoms with van der Waals surface area (Å²) in [5, 5.41) is 0. The van der Waals surface area contributed by atoms with Crippen molar-refractivity contribution in [2.24, 2.45) is 0 Å². The van der Waals surface area contributed by atoms with Gasteiger partial charge < -0.3 is 9.64 Å². The van der Waals surface area contributed by atoms with Gasteiger partial charge in [-0.15, -0.1) is 0 Å². The molecule has 4 nitrogen and oxygen atoms in total. The Bertz CT molecular complexity index is 367. The first kappa shape index (κ1) is 13.2. The normalized spacial score (nSPS) is 17.9. The SMILES string of the molecule is Cc1cncc(OC2CCN(CCCF)CC2)n1. The van der Waals surface area contributed by atoms with Crippen molar-refractivity contribution < 1.29 is 9.13 Å². The first-order valence-electron chi connectivity index (χ1n) is 6.51. The van der Waals surface area contributed by atoms with Crippen LogP contribution in [-0.4, -0.2) is 47.3 Å². The molecule has 1 saturated heterocycles. The molecule has 2 heterocycles. The van der Waals surface area contributed by atoms with E-state index in [1.165, 1.54) is 0 Å².